The van der Waals surface area contributed by atoms with Crippen molar-refractivity contribution in [1.29, 1.82) is 0 Å². The summed E-state index contributed by atoms with van der Waals surface area (Å²) >= 11 is 0. The lowest BCUT2D eigenvalue weighted by Crippen LogP contribution is -2.10. The molecule has 3 rings (SSSR count). The predicted molar refractivity (Wildman–Crippen MR) is 110 cm³/mol. The molecular weight excluding hydrogens is 338 g/mol. The van der Waals surface area contributed by atoms with Gasteiger partial charge in [0.05, 0.1) is 17.0 Å². The summed E-state index contributed by atoms with van der Waals surface area (Å²) in [4.78, 5) is 13.4. The standard InChI is InChI=1S/C22H21N3O2/c1-25(2)18-14-12-17(13-15-18)21(16-8-4-3-5-9-16)24-23-20-11-7-6-10-19(20)22(26)27/h3-15,23H,1-2H3,(H,26,27). The van der Waals surface area contributed by atoms with Crippen molar-refractivity contribution in [1.82, 2.24) is 0 Å². The maximum atomic E-state index is 11.4. The number of carboxylic acid groups (broad SMARTS) is 1. The molecule has 0 aliphatic heterocycles. The molecule has 0 saturated carbocycles. The van der Waals surface area contributed by atoms with E-state index in [0.717, 1.165) is 22.5 Å². The van der Waals surface area contributed by atoms with Crippen molar-refractivity contribution < 1.29 is 9.90 Å². The van der Waals surface area contributed by atoms with Crippen LogP contribution in [0, 0.1) is 0 Å². The van der Waals surface area contributed by atoms with E-state index >= 15 is 0 Å². The minimum atomic E-state index is -0.995. The van der Waals surface area contributed by atoms with Crippen LogP contribution in [0.3, 0.4) is 0 Å². The Kier molecular flexibility index (Phi) is 5.52. The summed E-state index contributed by atoms with van der Waals surface area (Å²) in [6, 6.07) is 24.6. The fraction of sp³-hybridized carbons (Fsp3) is 0.0909. The van der Waals surface area contributed by atoms with Gasteiger partial charge in [-0.2, -0.15) is 5.10 Å². The maximum absolute atomic E-state index is 11.4. The van der Waals surface area contributed by atoms with E-state index in [1.54, 1.807) is 24.3 Å². The molecule has 0 saturated heterocycles. The highest BCUT2D eigenvalue weighted by molar-refractivity contribution is 6.13. The number of hydrogen-bond donors (Lipinski definition) is 2. The Morgan fingerprint density at radius 1 is 0.852 bits per heavy atom. The SMILES string of the molecule is CN(C)c1ccc(C(=NNc2ccccc2C(=O)O)c2ccccc2)cc1. The number of anilines is 2. The van der Waals surface area contributed by atoms with Crippen molar-refractivity contribution in [2.45, 2.75) is 0 Å². The minimum Gasteiger partial charge on any atom is -0.478 e. The molecule has 0 atom stereocenters. The van der Waals surface area contributed by atoms with Gasteiger partial charge in [0.2, 0.25) is 0 Å². The summed E-state index contributed by atoms with van der Waals surface area (Å²) in [5.74, 6) is -0.995. The number of nitrogens with one attached hydrogen (secondary N) is 1. The van der Waals surface area contributed by atoms with Gasteiger partial charge in [0, 0.05) is 30.9 Å². The molecule has 0 radical (unpaired) electrons. The molecule has 0 amide bonds. The molecular formula is C22H21N3O2. The number of para-hydroxylation sites is 1. The largest absolute Gasteiger partial charge is 0.478 e. The third-order valence-electron chi connectivity index (χ3n) is 4.15. The molecule has 0 aliphatic carbocycles. The van der Waals surface area contributed by atoms with E-state index in [1.807, 2.05) is 73.6 Å². The predicted octanol–water partition coefficient (Wildman–Crippen LogP) is 4.32. The second kappa shape index (κ2) is 8.19. The van der Waals surface area contributed by atoms with E-state index in [4.69, 9.17) is 0 Å². The summed E-state index contributed by atoms with van der Waals surface area (Å²) in [6.07, 6.45) is 0. The zero-order valence-corrected chi connectivity index (χ0v) is 15.3. The van der Waals surface area contributed by atoms with Gasteiger partial charge in [0.25, 0.3) is 0 Å². The molecule has 2 N–H and O–H groups in total. The van der Waals surface area contributed by atoms with E-state index in [-0.39, 0.29) is 5.56 Å². The lowest BCUT2D eigenvalue weighted by atomic mass is 10.0. The van der Waals surface area contributed by atoms with Crippen LogP contribution in [-0.2, 0) is 0 Å². The summed E-state index contributed by atoms with van der Waals surface area (Å²) in [5.41, 5.74) is 7.26. The molecule has 5 nitrogen and oxygen atoms in total. The molecule has 5 heteroatoms. The smallest absolute Gasteiger partial charge is 0.337 e. The maximum Gasteiger partial charge on any atom is 0.337 e. The number of hydrazone groups is 1. The van der Waals surface area contributed by atoms with Gasteiger partial charge in [-0.1, -0.05) is 54.6 Å². The second-order valence-electron chi connectivity index (χ2n) is 6.23. The van der Waals surface area contributed by atoms with Crippen LogP contribution >= 0.6 is 0 Å². The molecule has 136 valence electrons. The van der Waals surface area contributed by atoms with Gasteiger partial charge >= 0.3 is 5.97 Å². The average Bonchev–Trinajstić information content (AvgIpc) is 2.69. The topological polar surface area (TPSA) is 64.9 Å². The Bertz CT molecular complexity index is 949. The molecule has 0 heterocycles. The van der Waals surface area contributed by atoms with Crippen LogP contribution in [0.5, 0.6) is 0 Å². The number of aromatic carboxylic acids is 1. The number of benzene rings is 3. The highest BCUT2D eigenvalue weighted by atomic mass is 16.4. The zero-order valence-electron chi connectivity index (χ0n) is 15.3. The fourth-order valence-electron chi connectivity index (χ4n) is 2.69. The number of nitrogens with zero attached hydrogens (tertiary/aromatic N) is 2. The average molecular weight is 359 g/mol. The third-order valence-corrected chi connectivity index (χ3v) is 4.15. The van der Waals surface area contributed by atoms with Crippen LogP contribution in [0.1, 0.15) is 21.5 Å². The normalized spacial score (nSPS) is 11.1. The Balaban J connectivity index is 2.01. The Morgan fingerprint density at radius 2 is 1.44 bits per heavy atom. The van der Waals surface area contributed by atoms with Crippen molar-refractivity contribution in [3.63, 3.8) is 0 Å². The monoisotopic (exact) mass is 359 g/mol. The first-order valence-electron chi connectivity index (χ1n) is 8.55. The van der Waals surface area contributed by atoms with Crippen LogP contribution in [0.4, 0.5) is 11.4 Å². The van der Waals surface area contributed by atoms with Crippen molar-refractivity contribution in [3.8, 4) is 0 Å². The number of carbonyl (C=O) groups is 1. The fourth-order valence-corrected chi connectivity index (χ4v) is 2.69. The zero-order chi connectivity index (χ0) is 19.2. The van der Waals surface area contributed by atoms with Crippen molar-refractivity contribution >= 4 is 23.1 Å². The summed E-state index contributed by atoms with van der Waals surface area (Å²) in [6.45, 7) is 0. The first kappa shape index (κ1) is 18.2. The van der Waals surface area contributed by atoms with Crippen LogP contribution < -0.4 is 10.3 Å². The Morgan fingerprint density at radius 3 is 2.07 bits per heavy atom. The number of rotatable bonds is 6. The van der Waals surface area contributed by atoms with Crippen molar-refractivity contribution in [2.75, 3.05) is 24.4 Å². The first-order chi connectivity index (χ1) is 13.1. The summed E-state index contributed by atoms with van der Waals surface area (Å²) in [5, 5.41) is 13.9. The molecule has 0 fully saturated rings. The van der Waals surface area contributed by atoms with Gasteiger partial charge in [0.1, 0.15) is 0 Å². The lowest BCUT2D eigenvalue weighted by molar-refractivity contribution is 0.0698. The van der Waals surface area contributed by atoms with E-state index in [0.29, 0.717) is 5.69 Å². The molecule has 0 spiro atoms. The van der Waals surface area contributed by atoms with Crippen LogP contribution in [0.15, 0.2) is 84.0 Å². The Hall–Kier alpha value is -3.60. The van der Waals surface area contributed by atoms with E-state index in [9.17, 15) is 9.90 Å². The molecule has 0 bridgehead atoms. The highest BCUT2D eigenvalue weighted by Gasteiger charge is 2.11. The molecule has 27 heavy (non-hydrogen) atoms. The molecule has 3 aromatic rings. The number of hydrogen-bond acceptors (Lipinski definition) is 4. The van der Waals surface area contributed by atoms with Gasteiger partial charge < -0.3 is 10.0 Å². The molecule has 0 aliphatic rings. The summed E-state index contributed by atoms with van der Waals surface area (Å²) < 4.78 is 0. The number of carboxylic acids is 1. The van der Waals surface area contributed by atoms with Gasteiger partial charge in [-0.25, -0.2) is 4.79 Å². The van der Waals surface area contributed by atoms with E-state index < -0.39 is 5.97 Å². The van der Waals surface area contributed by atoms with Gasteiger partial charge in [-0.05, 0) is 24.3 Å². The molecule has 3 aromatic carbocycles. The van der Waals surface area contributed by atoms with Crippen LogP contribution in [0.2, 0.25) is 0 Å². The van der Waals surface area contributed by atoms with Crippen LogP contribution in [-0.4, -0.2) is 30.9 Å². The first-order valence-corrected chi connectivity index (χ1v) is 8.55. The Labute approximate surface area is 158 Å². The van der Waals surface area contributed by atoms with Crippen molar-refractivity contribution in [3.05, 3.63) is 95.6 Å². The second-order valence-corrected chi connectivity index (χ2v) is 6.23. The molecule has 0 unspecified atom stereocenters. The molecule has 0 aromatic heterocycles. The highest BCUT2D eigenvalue weighted by Crippen LogP contribution is 2.19. The van der Waals surface area contributed by atoms with Gasteiger partial charge in [-0.15, -0.1) is 0 Å². The summed E-state index contributed by atoms with van der Waals surface area (Å²) in [7, 11) is 3.98. The minimum absolute atomic E-state index is 0.177. The van der Waals surface area contributed by atoms with Crippen LogP contribution in [0.25, 0.3) is 0 Å². The van der Waals surface area contributed by atoms with E-state index in [2.05, 4.69) is 10.5 Å². The quantitative estimate of drug-likeness (QED) is 0.508. The van der Waals surface area contributed by atoms with Gasteiger partial charge in [-0.3, -0.25) is 5.43 Å². The lowest BCUT2D eigenvalue weighted by Gasteiger charge is -2.14. The van der Waals surface area contributed by atoms with Gasteiger partial charge in [0.15, 0.2) is 0 Å². The van der Waals surface area contributed by atoms with Crippen molar-refractivity contribution in [2.24, 2.45) is 5.10 Å². The third kappa shape index (κ3) is 4.33. The van der Waals surface area contributed by atoms with E-state index in [1.165, 1.54) is 0 Å².